The van der Waals surface area contributed by atoms with Crippen molar-refractivity contribution in [1.29, 1.82) is 0 Å². The van der Waals surface area contributed by atoms with Crippen molar-refractivity contribution in [2.75, 3.05) is 7.11 Å². The van der Waals surface area contributed by atoms with Gasteiger partial charge < -0.3 is 9.84 Å². The Balaban J connectivity index is 4.26. The summed E-state index contributed by atoms with van der Waals surface area (Å²) in [5.74, 6) is -0.275. The standard InChI is InChI=1S/C10H20O3/c1-5-9(11)8(6-7(2)3)10(12)13-4/h7-9,11H,5-6H2,1-4H3/t8-,9-/m1/s1. The second-order valence-electron chi connectivity index (χ2n) is 3.73. The summed E-state index contributed by atoms with van der Waals surface area (Å²) in [6.07, 6.45) is 0.698. The summed E-state index contributed by atoms with van der Waals surface area (Å²) in [6.45, 7) is 5.91. The molecule has 3 nitrogen and oxygen atoms in total. The predicted molar refractivity (Wildman–Crippen MR) is 51.3 cm³/mol. The summed E-state index contributed by atoms with van der Waals surface area (Å²) in [6, 6.07) is 0. The molecule has 1 N–H and O–H groups in total. The first-order valence-corrected chi connectivity index (χ1v) is 4.78. The molecule has 0 aromatic rings. The minimum Gasteiger partial charge on any atom is -0.469 e. The van der Waals surface area contributed by atoms with Crippen LogP contribution in [0.25, 0.3) is 0 Å². The molecule has 2 atom stereocenters. The lowest BCUT2D eigenvalue weighted by Gasteiger charge is -2.20. The largest absolute Gasteiger partial charge is 0.469 e. The first-order valence-electron chi connectivity index (χ1n) is 4.78. The average molecular weight is 188 g/mol. The van der Waals surface area contributed by atoms with E-state index in [4.69, 9.17) is 0 Å². The van der Waals surface area contributed by atoms with Gasteiger partial charge in [0.15, 0.2) is 0 Å². The van der Waals surface area contributed by atoms with Crippen molar-refractivity contribution in [2.45, 2.75) is 39.7 Å². The second kappa shape index (κ2) is 5.97. The molecule has 0 aliphatic heterocycles. The maximum atomic E-state index is 11.3. The molecule has 0 saturated heterocycles. The van der Waals surface area contributed by atoms with Crippen LogP contribution in [0.5, 0.6) is 0 Å². The lowest BCUT2D eigenvalue weighted by atomic mass is 9.91. The smallest absolute Gasteiger partial charge is 0.311 e. The predicted octanol–water partition coefficient (Wildman–Crippen LogP) is 1.59. The van der Waals surface area contributed by atoms with Gasteiger partial charge in [-0.05, 0) is 18.8 Å². The first kappa shape index (κ1) is 12.4. The van der Waals surface area contributed by atoms with Crippen LogP contribution in [-0.2, 0) is 9.53 Å². The molecule has 13 heavy (non-hydrogen) atoms. The highest BCUT2D eigenvalue weighted by Gasteiger charge is 2.26. The van der Waals surface area contributed by atoms with Crippen molar-refractivity contribution in [2.24, 2.45) is 11.8 Å². The van der Waals surface area contributed by atoms with E-state index in [0.29, 0.717) is 18.8 Å². The molecule has 0 fully saturated rings. The summed E-state index contributed by atoms with van der Waals surface area (Å²) < 4.78 is 4.64. The van der Waals surface area contributed by atoms with Gasteiger partial charge in [-0.1, -0.05) is 20.8 Å². The Morgan fingerprint density at radius 1 is 1.46 bits per heavy atom. The van der Waals surface area contributed by atoms with E-state index in [2.05, 4.69) is 4.74 Å². The highest BCUT2D eigenvalue weighted by molar-refractivity contribution is 5.72. The van der Waals surface area contributed by atoms with Gasteiger partial charge in [0.2, 0.25) is 0 Å². The Kier molecular flexibility index (Phi) is 5.71. The van der Waals surface area contributed by atoms with Crippen LogP contribution >= 0.6 is 0 Å². The van der Waals surface area contributed by atoms with E-state index in [-0.39, 0.29) is 11.9 Å². The Hall–Kier alpha value is -0.570. The molecule has 0 spiro atoms. The molecule has 0 aromatic carbocycles. The fraction of sp³-hybridized carbons (Fsp3) is 0.900. The van der Waals surface area contributed by atoms with E-state index in [1.807, 2.05) is 20.8 Å². The van der Waals surface area contributed by atoms with Gasteiger partial charge in [-0.3, -0.25) is 4.79 Å². The van der Waals surface area contributed by atoms with Gasteiger partial charge in [0.25, 0.3) is 0 Å². The van der Waals surface area contributed by atoms with Gasteiger partial charge >= 0.3 is 5.97 Å². The van der Waals surface area contributed by atoms with E-state index in [9.17, 15) is 9.90 Å². The number of esters is 1. The van der Waals surface area contributed by atoms with Crippen LogP contribution in [0.2, 0.25) is 0 Å². The van der Waals surface area contributed by atoms with Crippen molar-refractivity contribution < 1.29 is 14.6 Å². The minimum atomic E-state index is -0.574. The summed E-state index contributed by atoms with van der Waals surface area (Å²) in [5, 5.41) is 9.57. The highest BCUT2D eigenvalue weighted by atomic mass is 16.5. The Bertz CT molecular complexity index is 154. The monoisotopic (exact) mass is 188 g/mol. The number of aliphatic hydroxyl groups excluding tert-OH is 1. The molecule has 0 amide bonds. The normalized spacial score (nSPS) is 15.5. The SMILES string of the molecule is CC[C@@H](O)[C@@H](CC(C)C)C(=O)OC. The zero-order chi connectivity index (χ0) is 10.4. The first-order chi connectivity index (χ1) is 6.02. The fourth-order valence-electron chi connectivity index (χ4n) is 1.35. The molecule has 0 rings (SSSR count). The van der Waals surface area contributed by atoms with Crippen molar-refractivity contribution in [3.05, 3.63) is 0 Å². The van der Waals surface area contributed by atoms with Crippen LogP contribution in [0.4, 0.5) is 0 Å². The third-order valence-corrected chi connectivity index (χ3v) is 2.11. The zero-order valence-electron chi connectivity index (χ0n) is 8.91. The number of aliphatic hydroxyl groups is 1. The van der Waals surface area contributed by atoms with E-state index in [1.54, 1.807) is 0 Å². The number of hydrogen-bond acceptors (Lipinski definition) is 3. The molecule has 0 aliphatic rings. The number of rotatable bonds is 5. The third-order valence-electron chi connectivity index (χ3n) is 2.11. The molecule has 3 heteroatoms. The van der Waals surface area contributed by atoms with Crippen molar-refractivity contribution in [1.82, 2.24) is 0 Å². The van der Waals surface area contributed by atoms with Crippen LogP contribution in [0.3, 0.4) is 0 Å². The van der Waals surface area contributed by atoms with Crippen LogP contribution in [0.1, 0.15) is 33.6 Å². The molecular formula is C10H20O3. The van der Waals surface area contributed by atoms with Crippen molar-refractivity contribution in [3.63, 3.8) is 0 Å². The number of hydrogen-bond donors (Lipinski definition) is 1. The maximum absolute atomic E-state index is 11.3. The Morgan fingerprint density at radius 2 is 2.00 bits per heavy atom. The van der Waals surface area contributed by atoms with E-state index in [0.717, 1.165) is 0 Å². The Labute approximate surface area is 80.1 Å². The fourth-order valence-corrected chi connectivity index (χ4v) is 1.35. The highest BCUT2D eigenvalue weighted by Crippen LogP contribution is 2.18. The average Bonchev–Trinajstić information content (AvgIpc) is 2.11. The quantitative estimate of drug-likeness (QED) is 0.666. The maximum Gasteiger partial charge on any atom is 0.311 e. The molecule has 78 valence electrons. The van der Waals surface area contributed by atoms with E-state index < -0.39 is 6.10 Å². The number of carbonyl (C=O) groups excluding carboxylic acids is 1. The number of ether oxygens (including phenoxy) is 1. The molecule has 0 heterocycles. The molecule has 0 aliphatic carbocycles. The van der Waals surface area contributed by atoms with E-state index in [1.165, 1.54) is 7.11 Å². The van der Waals surface area contributed by atoms with E-state index >= 15 is 0 Å². The van der Waals surface area contributed by atoms with Crippen molar-refractivity contribution >= 4 is 5.97 Å². The molecule has 0 unspecified atom stereocenters. The Morgan fingerprint density at radius 3 is 2.31 bits per heavy atom. The molecule has 0 radical (unpaired) electrons. The lowest BCUT2D eigenvalue weighted by molar-refractivity contribution is -0.150. The molecule has 0 aromatic heterocycles. The lowest BCUT2D eigenvalue weighted by Crippen LogP contribution is -2.30. The van der Waals surface area contributed by atoms with Gasteiger partial charge in [0.05, 0.1) is 19.1 Å². The van der Waals surface area contributed by atoms with Gasteiger partial charge in [-0.15, -0.1) is 0 Å². The van der Waals surface area contributed by atoms with Gasteiger partial charge in [0, 0.05) is 0 Å². The van der Waals surface area contributed by atoms with Crippen LogP contribution in [0.15, 0.2) is 0 Å². The van der Waals surface area contributed by atoms with Gasteiger partial charge in [0.1, 0.15) is 0 Å². The molecule has 0 bridgehead atoms. The van der Waals surface area contributed by atoms with Crippen molar-refractivity contribution in [3.8, 4) is 0 Å². The summed E-state index contributed by atoms with van der Waals surface area (Å²) in [7, 11) is 1.36. The summed E-state index contributed by atoms with van der Waals surface area (Å²) in [4.78, 5) is 11.3. The molecular weight excluding hydrogens is 168 g/mol. The second-order valence-corrected chi connectivity index (χ2v) is 3.73. The summed E-state index contributed by atoms with van der Waals surface area (Å²) in [5.41, 5.74) is 0. The summed E-state index contributed by atoms with van der Waals surface area (Å²) >= 11 is 0. The molecule has 0 saturated carbocycles. The zero-order valence-corrected chi connectivity index (χ0v) is 8.91. The topological polar surface area (TPSA) is 46.5 Å². The van der Waals surface area contributed by atoms with Crippen LogP contribution < -0.4 is 0 Å². The van der Waals surface area contributed by atoms with Crippen LogP contribution in [-0.4, -0.2) is 24.3 Å². The minimum absolute atomic E-state index is 0.303. The third kappa shape index (κ3) is 4.27. The van der Waals surface area contributed by atoms with Crippen LogP contribution in [0, 0.1) is 11.8 Å². The van der Waals surface area contributed by atoms with Gasteiger partial charge in [-0.25, -0.2) is 0 Å². The number of methoxy groups -OCH3 is 1. The number of carbonyl (C=O) groups is 1. The van der Waals surface area contributed by atoms with Gasteiger partial charge in [-0.2, -0.15) is 0 Å².